The van der Waals surface area contributed by atoms with Crippen molar-refractivity contribution in [2.45, 2.75) is 6.04 Å². The number of rotatable bonds is 2. The van der Waals surface area contributed by atoms with Crippen molar-refractivity contribution in [3.63, 3.8) is 0 Å². The maximum Gasteiger partial charge on any atom is 0.254 e. The number of hydrogen-bond donors (Lipinski definition) is 0. The van der Waals surface area contributed by atoms with E-state index in [0.29, 0.717) is 31.2 Å². The molecule has 0 saturated carbocycles. The van der Waals surface area contributed by atoms with E-state index in [1.807, 2.05) is 47.4 Å². The lowest BCUT2D eigenvalue weighted by atomic mass is 10.1. The first-order chi connectivity index (χ1) is 9.79. The Hall–Kier alpha value is -1.58. The predicted octanol–water partition coefficient (Wildman–Crippen LogP) is 2.92. The molecule has 1 atom stereocenters. The van der Waals surface area contributed by atoms with Crippen molar-refractivity contribution < 1.29 is 9.53 Å². The van der Waals surface area contributed by atoms with Crippen LogP contribution in [0.1, 0.15) is 10.4 Å². The van der Waals surface area contributed by atoms with Gasteiger partial charge in [0.25, 0.3) is 5.91 Å². The summed E-state index contributed by atoms with van der Waals surface area (Å²) in [6.45, 7) is 1.69. The van der Waals surface area contributed by atoms with Crippen LogP contribution in [0, 0.1) is 0 Å². The monoisotopic (exact) mass is 289 g/mol. The van der Waals surface area contributed by atoms with Gasteiger partial charge < -0.3 is 9.64 Å². The van der Waals surface area contributed by atoms with E-state index in [2.05, 4.69) is 0 Å². The highest BCUT2D eigenvalue weighted by molar-refractivity contribution is 6.18. The van der Waals surface area contributed by atoms with Gasteiger partial charge in [-0.15, -0.1) is 11.6 Å². The summed E-state index contributed by atoms with van der Waals surface area (Å²) < 4.78 is 5.38. The third-order valence-electron chi connectivity index (χ3n) is 3.66. The van der Waals surface area contributed by atoms with Crippen LogP contribution in [0.3, 0.4) is 0 Å². The lowest BCUT2D eigenvalue weighted by Gasteiger charge is -2.34. The van der Waals surface area contributed by atoms with Crippen molar-refractivity contribution in [2.75, 3.05) is 25.6 Å². The lowest BCUT2D eigenvalue weighted by Crippen LogP contribution is -2.49. The molecule has 2 aromatic rings. The van der Waals surface area contributed by atoms with Crippen molar-refractivity contribution >= 4 is 28.3 Å². The quantitative estimate of drug-likeness (QED) is 0.796. The molecule has 3 rings (SSSR count). The normalized spacial score (nSPS) is 19.2. The van der Waals surface area contributed by atoms with E-state index in [9.17, 15) is 4.79 Å². The highest BCUT2D eigenvalue weighted by Crippen LogP contribution is 2.19. The number of amides is 1. The maximum absolute atomic E-state index is 12.6. The number of nitrogens with zero attached hydrogens (tertiary/aromatic N) is 1. The van der Waals surface area contributed by atoms with Crippen molar-refractivity contribution in [2.24, 2.45) is 0 Å². The molecule has 1 amide bonds. The summed E-state index contributed by atoms with van der Waals surface area (Å²) in [6.07, 6.45) is 0. The summed E-state index contributed by atoms with van der Waals surface area (Å²) in [5, 5.41) is 2.22. The maximum atomic E-state index is 12.6. The SMILES string of the molecule is O=C(c1ccc2ccccc2c1)N1CCOCC1CCl. The Kier molecular flexibility index (Phi) is 3.90. The smallest absolute Gasteiger partial charge is 0.254 e. The van der Waals surface area contributed by atoms with Crippen LogP contribution in [0.4, 0.5) is 0 Å². The lowest BCUT2D eigenvalue weighted by molar-refractivity contribution is 0.00457. The van der Waals surface area contributed by atoms with Crippen LogP contribution in [0.25, 0.3) is 10.8 Å². The first-order valence-electron chi connectivity index (χ1n) is 6.73. The molecule has 3 nitrogen and oxygen atoms in total. The van der Waals surface area contributed by atoms with Crippen LogP contribution in [0.5, 0.6) is 0 Å². The Morgan fingerprint density at radius 1 is 1.25 bits per heavy atom. The Bertz CT molecular complexity index is 629. The molecule has 1 aliphatic heterocycles. The Labute approximate surface area is 123 Å². The Morgan fingerprint density at radius 3 is 2.85 bits per heavy atom. The third kappa shape index (κ3) is 2.51. The van der Waals surface area contributed by atoms with Crippen molar-refractivity contribution in [3.8, 4) is 0 Å². The fourth-order valence-corrected chi connectivity index (χ4v) is 2.79. The summed E-state index contributed by atoms with van der Waals surface area (Å²) in [4.78, 5) is 14.4. The number of carbonyl (C=O) groups excluding carboxylic acids is 1. The zero-order valence-electron chi connectivity index (χ0n) is 11.1. The average molecular weight is 290 g/mol. The number of halogens is 1. The van der Waals surface area contributed by atoms with Gasteiger partial charge in [0.05, 0.1) is 19.3 Å². The molecule has 1 heterocycles. The molecular formula is C16H16ClNO2. The number of ether oxygens (including phenoxy) is 1. The fourth-order valence-electron chi connectivity index (χ4n) is 2.54. The van der Waals surface area contributed by atoms with Crippen LogP contribution >= 0.6 is 11.6 Å². The average Bonchev–Trinajstić information content (AvgIpc) is 2.53. The van der Waals surface area contributed by atoms with Crippen LogP contribution in [0.15, 0.2) is 42.5 Å². The number of fused-ring (bicyclic) bond motifs is 1. The number of carbonyl (C=O) groups is 1. The van der Waals surface area contributed by atoms with Gasteiger partial charge in [-0.05, 0) is 22.9 Å². The number of hydrogen-bond acceptors (Lipinski definition) is 2. The van der Waals surface area contributed by atoms with Gasteiger partial charge in [0.15, 0.2) is 0 Å². The van der Waals surface area contributed by atoms with E-state index in [-0.39, 0.29) is 11.9 Å². The molecule has 0 spiro atoms. The highest BCUT2D eigenvalue weighted by Gasteiger charge is 2.27. The minimum Gasteiger partial charge on any atom is -0.377 e. The van der Waals surface area contributed by atoms with Crippen molar-refractivity contribution in [1.82, 2.24) is 4.90 Å². The second-order valence-electron chi connectivity index (χ2n) is 4.94. The first kappa shape index (κ1) is 13.4. The molecule has 2 aromatic carbocycles. The molecule has 1 unspecified atom stereocenters. The van der Waals surface area contributed by atoms with Crippen LogP contribution in [-0.2, 0) is 4.74 Å². The number of alkyl halides is 1. The molecule has 20 heavy (non-hydrogen) atoms. The fraction of sp³-hybridized carbons (Fsp3) is 0.312. The second-order valence-corrected chi connectivity index (χ2v) is 5.25. The predicted molar refractivity (Wildman–Crippen MR) is 80.3 cm³/mol. The first-order valence-corrected chi connectivity index (χ1v) is 7.26. The summed E-state index contributed by atoms with van der Waals surface area (Å²) in [5.74, 6) is 0.434. The van der Waals surface area contributed by atoms with E-state index >= 15 is 0 Å². The van der Waals surface area contributed by atoms with Gasteiger partial charge in [-0.1, -0.05) is 30.3 Å². The van der Waals surface area contributed by atoms with Crippen molar-refractivity contribution in [3.05, 3.63) is 48.0 Å². The summed E-state index contributed by atoms with van der Waals surface area (Å²) in [7, 11) is 0. The van der Waals surface area contributed by atoms with E-state index in [1.54, 1.807) is 0 Å². The second kappa shape index (κ2) is 5.81. The molecule has 0 aromatic heterocycles. The minimum absolute atomic E-state index is 0.0321. The summed E-state index contributed by atoms with van der Waals surface area (Å²) in [6, 6.07) is 13.8. The van der Waals surface area contributed by atoms with Gasteiger partial charge in [0.1, 0.15) is 0 Å². The molecule has 0 aliphatic carbocycles. The molecule has 1 saturated heterocycles. The minimum atomic E-state index is -0.0376. The Morgan fingerprint density at radius 2 is 2.05 bits per heavy atom. The van der Waals surface area contributed by atoms with Crippen molar-refractivity contribution in [1.29, 1.82) is 0 Å². The van der Waals surface area contributed by atoms with Crippen LogP contribution < -0.4 is 0 Å². The zero-order valence-corrected chi connectivity index (χ0v) is 11.8. The van der Waals surface area contributed by atoms with E-state index < -0.39 is 0 Å². The molecule has 1 fully saturated rings. The van der Waals surface area contributed by atoms with E-state index in [0.717, 1.165) is 10.8 Å². The van der Waals surface area contributed by atoms with Crippen LogP contribution in [-0.4, -0.2) is 42.5 Å². The topological polar surface area (TPSA) is 29.5 Å². The van der Waals surface area contributed by atoms with Gasteiger partial charge in [-0.25, -0.2) is 0 Å². The van der Waals surface area contributed by atoms with Gasteiger partial charge in [-0.3, -0.25) is 4.79 Å². The highest BCUT2D eigenvalue weighted by atomic mass is 35.5. The molecule has 1 aliphatic rings. The summed E-state index contributed by atoms with van der Waals surface area (Å²) >= 11 is 5.93. The van der Waals surface area contributed by atoms with E-state index in [4.69, 9.17) is 16.3 Å². The number of morpholine rings is 1. The molecule has 104 valence electrons. The molecule has 0 N–H and O–H groups in total. The summed E-state index contributed by atoms with van der Waals surface area (Å²) in [5.41, 5.74) is 0.709. The van der Waals surface area contributed by atoms with Crippen LogP contribution in [0.2, 0.25) is 0 Å². The standard InChI is InChI=1S/C16H16ClNO2/c17-10-15-11-20-8-7-18(15)16(19)14-6-5-12-3-1-2-4-13(12)9-14/h1-6,9,15H,7-8,10-11H2. The van der Waals surface area contributed by atoms with Gasteiger partial charge in [0, 0.05) is 18.0 Å². The zero-order chi connectivity index (χ0) is 13.9. The van der Waals surface area contributed by atoms with Gasteiger partial charge >= 0.3 is 0 Å². The third-order valence-corrected chi connectivity index (χ3v) is 4.02. The molecule has 4 heteroatoms. The van der Waals surface area contributed by atoms with E-state index in [1.165, 1.54) is 0 Å². The van der Waals surface area contributed by atoms with Gasteiger partial charge in [-0.2, -0.15) is 0 Å². The largest absolute Gasteiger partial charge is 0.377 e. The van der Waals surface area contributed by atoms with Gasteiger partial charge in [0.2, 0.25) is 0 Å². The number of benzene rings is 2. The molecular weight excluding hydrogens is 274 g/mol. The molecule has 0 radical (unpaired) electrons. The molecule has 0 bridgehead atoms. The Balaban J connectivity index is 1.91.